The normalized spacial score (nSPS) is 17.9. The number of benzene rings is 2. The third-order valence-electron chi connectivity index (χ3n) is 5.29. The van der Waals surface area contributed by atoms with Gasteiger partial charge in [0.15, 0.2) is 5.96 Å². The number of likely N-dealkylation sites (tertiary alicyclic amines) is 1. The number of hydrogen-bond acceptors (Lipinski definition) is 2. The van der Waals surface area contributed by atoms with Crippen LogP contribution in [0.4, 0.5) is 0 Å². The molecule has 1 heterocycles. The Bertz CT molecular complexity index is 709. The Labute approximate surface area is 163 Å². The van der Waals surface area contributed by atoms with E-state index >= 15 is 0 Å². The molecule has 1 aliphatic heterocycles. The van der Waals surface area contributed by atoms with Crippen molar-refractivity contribution in [3.05, 3.63) is 71.3 Å². The highest BCUT2D eigenvalue weighted by Crippen LogP contribution is 2.16. The summed E-state index contributed by atoms with van der Waals surface area (Å²) < 4.78 is 0. The predicted octanol–water partition coefficient (Wildman–Crippen LogP) is 3.22. The smallest absolute Gasteiger partial charge is 0.191 e. The molecule has 0 aromatic heterocycles. The van der Waals surface area contributed by atoms with E-state index in [1.54, 1.807) is 0 Å². The molecule has 0 bridgehead atoms. The zero-order valence-electron chi connectivity index (χ0n) is 16.6. The van der Waals surface area contributed by atoms with Crippen molar-refractivity contribution >= 4 is 5.96 Å². The average molecular weight is 365 g/mol. The molecular weight excluding hydrogens is 332 g/mol. The first kappa shape index (κ1) is 19.4. The third kappa shape index (κ3) is 6.40. The molecule has 2 N–H and O–H groups in total. The lowest BCUT2D eigenvalue weighted by molar-refractivity contribution is 0.328. The molecule has 1 fully saturated rings. The van der Waals surface area contributed by atoms with Gasteiger partial charge in [-0.3, -0.25) is 4.99 Å². The fourth-order valence-electron chi connectivity index (χ4n) is 3.57. The monoisotopic (exact) mass is 364 g/mol. The number of rotatable bonds is 7. The van der Waals surface area contributed by atoms with Gasteiger partial charge in [-0.15, -0.1) is 0 Å². The van der Waals surface area contributed by atoms with Crippen molar-refractivity contribution in [2.45, 2.75) is 26.3 Å². The van der Waals surface area contributed by atoms with Crippen molar-refractivity contribution in [3.63, 3.8) is 0 Å². The molecule has 1 unspecified atom stereocenters. The second-order valence-electron chi connectivity index (χ2n) is 7.48. The molecule has 144 valence electrons. The van der Waals surface area contributed by atoms with E-state index in [0.29, 0.717) is 5.92 Å². The average Bonchev–Trinajstić information content (AvgIpc) is 3.16. The van der Waals surface area contributed by atoms with Crippen LogP contribution in [0.5, 0.6) is 0 Å². The summed E-state index contributed by atoms with van der Waals surface area (Å²) in [4.78, 5) is 6.94. The molecule has 1 atom stereocenters. The number of nitrogens with zero attached hydrogens (tertiary/aromatic N) is 2. The number of hydrogen-bond donors (Lipinski definition) is 2. The van der Waals surface area contributed by atoms with Crippen molar-refractivity contribution in [1.29, 1.82) is 0 Å². The van der Waals surface area contributed by atoms with Crippen LogP contribution in [0.25, 0.3) is 0 Å². The highest BCUT2D eigenvalue weighted by molar-refractivity contribution is 5.79. The second-order valence-corrected chi connectivity index (χ2v) is 7.48. The topological polar surface area (TPSA) is 39.7 Å². The Balaban J connectivity index is 1.35. The van der Waals surface area contributed by atoms with Crippen LogP contribution >= 0.6 is 0 Å². The SMILES string of the molecule is CN=C(NCc1ccc(C)cc1)NCC1CCN(CCc2ccccc2)C1. The lowest BCUT2D eigenvalue weighted by Crippen LogP contribution is -2.40. The predicted molar refractivity (Wildman–Crippen MR) is 114 cm³/mol. The van der Waals surface area contributed by atoms with E-state index in [0.717, 1.165) is 32.0 Å². The molecular formula is C23H32N4. The van der Waals surface area contributed by atoms with Crippen molar-refractivity contribution in [2.24, 2.45) is 10.9 Å². The molecule has 1 saturated heterocycles. The summed E-state index contributed by atoms with van der Waals surface area (Å²) in [6.07, 6.45) is 2.40. The number of aryl methyl sites for hydroxylation is 1. The molecule has 2 aromatic carbocycles. The van der Waals surface area contributed by atoms with E-state index < -0.39 is 0 Å². The maximum absolute atomic E-state index is 4.36. The summed E-state index contributed by atoms with van der Waals surface area (Å²) >= 11 is 0. The number of guanidine groups is 1. The Morgan fingerprint density at radius 2 is 1.81 bits per heavy atom. The quantitative estimate of drug-likeness (QED) is 0.585. The highest BCUT2D eigenvalue weighted by Gasteiger charge is 2.22. The largest absolute Gasteiger partial charge is 0.356 e. The minimum absolute atomic E-state index is 0.693. The molecule has 4 nitrogen and oxygen atoms in total. The number of nitrogens with one attached hydrogen (secondary N) is 2. The zero-order valence-corrected chi connectivity index (χ0v) is 16.6. The molecule has 3 rings (SSSR count). The van der Waals surface area contributed by atoms with Crippen LogP contribution in [-0.4, -0.2) is 44.1 Å². The molecule has 0 spiro atoms. The Morgan fingerprint density at radius 3 is 2.56 bits per heavy atom. The molecule has 0 radical (unpaired) electrons. The van der Waals surface area contributed by atoms with Crippen LogP contribution in [0.2, 0.25) is 0 Å². The van der Waals surface area contributed by atoms with E-state index in [1.807, 2.05) is 7.05 Å². The fraction of sp³-hybridized carbons (Fsp3) is 0.435. The Kier molecular flexibility index (Phi) is 7.28. The molecule has 0 saturated carbocycles. The van der Waals surface area contributed by atoms with Crippen molar-refractivity contribution < 1.29 is 0 Å². The second kappa shape index (κ2) is 10.1. The summed E-state index contributed by atoms with van der Waals surface area (Å²) in [5.41, 5.74) is 4.00. The van der Waals surface area contributed by atoms with E-state index in [9.17, 15) is 0 Å². The van der Waals surface area contributed by atoms with Gasteiger partial charge >= 0.3 is 0 Å². The van der Waals surface area contributed by atoms with Crippen molar-refractivity contribution in [2.75, 3.05) is 33.2 Å². The maximum atomic E-state index is 4.36. The molecule has 1 aliphatic rings. The zero-order chi connectivity index (χ0) is 18.9. The molecule has 4 heteroatoms. The highest BCUT2D eigenvalue weighted by atomic mass is 15.2. The van der Waals surface area contributed by atoms with Gasteiger partial charge in [-0.25, -0.2) is 0 Å². The molecule has 2 aromatic rings. The van der Waals surface area contributed by atoms with Gasteiger partial charge < -0.3 is 15.5 Å². The van der Waals surface area contributed by atoms with Crippen LogP contribution in [0, 0.1) is 12.8 Å². The first-order chi connectivity index (χ1) is 13.2. The van der Waals surface area contributed by atoms with Gasteiger partial charge in [-0.05, 0) is 43.4 Å². The summed E-state index contributed by atoms with van der Waals surface area (Å²) in [5.74, 6) is 1.58. The Hall–Kier alpha value is -2.33. The lowest BCUT2D eigenvalue weighted by atomic mass is 10.1. The van der Waals surface area contributed by atoms with Gasteiger partial charge in [-0.1, -0.05) is 60.2 Å². The van der Waals surface area contributed by atoms with Crippen molar-refractivity contribution in [1.82, 2.24) is 15.5 Å². The third-order valence-corrected chi connectivity index (χ3v) is 5.29. The maximum Gasteiger partial charge on any atom is 0.191 e. The molecule has 0 amide bonds. The number of aliphatic imine (C=N–C) groups is 1. The van der Waals surface area contributed by atoms with Crippen LogP contribution < -0.4 is 10.6 Å². The summed E-state index contributed by atoms with van der Waals surface area (Å²) in [5, 5.41) is 6.91. The summed E-state index contributed by atoms with van der Waals surface area (Å²) in [6, 6.07) is 19.4. The first-order valence-corrected chi connectivity index (χ1v) is 9.99. The lowest BCUT2D eigenvalue weighted by Gasteiger charge is -2.17. The van der Waals surface area contributed by atoms with Crippen molar-refractivity contribution in [3.8, 4) is 0 Å². The van der Waals surface area contributed by atoms with Gasteiger partial charge in [0, 0.05) is 33.2 Å². The van der Waals surface area contributed by atoms with Gasteiger partial charge in [0.1, 0.15) is 0 Å². The van der Waals surface area contributed by atoms with Crippen LogP contribution in [0.1, 0.15) is 23.1 Å². The van der Waals surface area contributed by atoms with E-state index in [1.165, 1.54) is 36.2 Å². The molecule has 0 aliphatic carbocycles. The van der Waals surface area contributed by atoms with E-state index in [2.05, 4.69) is 82.0 Å². The van der Waals surface area contributed by atoms with Gasteiger partial charge in [0.05, 0.1) is 0 Å². The standard InChI is InChI=1S/C23H32N4/c1-19-8-10-21(11-9-19)16-25-23(24-2)26-17-22-13-15-27(18-22)14-12-20-6-4-3-5-7-20/h3-11,22H,12-18H2,1-2H3,(H2,24,25,26). The fourth-order valence-corrected chi connectivity index (χ4v) is 3.57. The minimum Gasteiger partial charge on any atom is -0.356 e. The Morgan fingerprint density at radius 1 is 1.04 bits per heavy atom. The summed E-state index contributed by atoms with van der Waals surface area (Å²) in [7, 11) is 1.84. The first-order valence-electron chi connectivity index (χ1n) is 9.99. The molecule has 27 heavy (non-hydrogen) atoms. The van der Waals surface area contributed by atoms with Crippen LogP contribution in [-0.2, 0) is 13.0 Å². The van der Waals surface area contributed by atoms with Crippen LogP contribution in [0.3, 0.4) is 0 Å². The van der Waals surface area contributed by atoms with Gasteiger partial charge in [0.2, 0.25) is 0 Å². The van der Waals surface area contributed by atoms with Crippen LogP contribution in [0.15, 0.2) is 59.6 Å². The van der Waals surface area contributed by atoms with E-state index in [-0.39, 0.29) is 0 Å². The summed E-state index contributed by atoms with van der Waals surface area (Å²) in [6.45, 7) is 7.43. The minimum atomic E-state index is 0.693. The van der Waals surface area contributed by atoms with Gasteiger partial charge in [0.25, 0.3) is 0 Å². The van der Waals surface area contributed by atoms with E-state index in [4.69, 9.17) is 0 Å². The van der Waals surface area contributed by atoms with Gasteiger partial charge in [-0.2, -0.15) is 0 Å².